The summed E-state index contributed by atoms with van der Waals surface area (Å²) in [6.07, 6.45) is 0.933. The Bertz CT molecular complexity index is 266. The van der Waals surface area contributed by atoms with E-state index in [0.717, 1.165) is 12.0 Å². The van der Waals surface area contributed by atoms with Gasteiger partial charge in [-0.25, -0.2) is 0 Å². The summed E-state index contributed by atoms with van der Waals surface area (Å²) in [5.41, 5.74) is 1.16. The van der Waals surface area contributed by atoms with E-state index in [4.69, 9.17) is 0 Å². The molecule has 0 aromatic heterocycles. The van der Waals surface area contributed by atoms with Crippen LogP contribution in [0.2, 0.25) is 0 Å². The normalized spacial score (nSPS) is 11.7. The average molecular weight is 220 g/mol. The van der Waals surface area contributed by atoms with Gasteiger partial charge in [0.05, 0.1) is 0 Å². The SMILES string of the molecule is CCc1ccc(SC(F)(F)P)cc1. The molecule has 0 heterocycles. The molecule has 4 heteroatoms. The molecule has 72 valence electrons. The smallest absolute Gasteiger partial charge is 0.190 e. The lowest BCUT2D eigenvalue weighted by atomic mass is 10.2. The van der Waals surface area contributed by atoms with E-state index in [2.05, 4.69) is 0 Å². The van der Waals surface area contributed by atoms with E-state index < -0.39 is 5.00 Å². The number of hydrogen-bond donors (Lipinski definition) is 0. The van der Waals surface area contributed by atoms with Crippen molar-refractivity contribution in [2.24, 2.45) is 0 Å². The first-order valence-electron chi connectivity index (χ1n) is 3.96. The molecule has 0 saturated heterocycles. The molecule has 1 aromatic carbocycles. The zero-order chi connectivity index (χ0) is 9.90. The van der Waals surface area contributed by atoms with E-state index >= 15 is 0 Å². The fraction of sp³-hybridized carbons (Fsp3) is 0.333. The third-order valence-corrected chi connectivity index (χ3v) is 2.72. The molecule has 0 aliphatic carbocycles. The number of halogens is 2. The van der Waals surface area contributed by atoms with Gasteiger partial charge in [0.25, 0.3) is 0 Å². The molecular formula is C9H11F2PS. The Morgan fingerprint density at radius 1 is 1.31 bits per heavy atom. The van der Waals surface area contributed by atoms with Crippen LogP contribution in [-0.4, -0.2) is 5.00 Å². The number of thioether (sulfide) groups is 1. The van der Waals surface area contributed by atoms with Crippen molar-refractivity contribution < 1.29 is 8.78 Å². The lowest BCUT2D eigenvalue weighted by Gasteiger charge is -2.09. The number of alkyl halides is 2. The van der Waals surface area contributed by atoms with Gasteiger partial charge < -0.3 is 0 Å². The Kier molecular flexibility index (Phi) is 3.69. The highest BCUT2D eigenvalue weighted by Crippen LogP contribution is 2.40. The van der Waals surface area contributed by atoms with Gasteiger partial charge in [0.1, 0.15) is 0 Å². The first kappa shape index (κ1) is 10.9. The van der Waals surface area contributed by atoms with Gasteiger partial charge in [-0.1, -0.05) is 19.1 Å². The summed E-state index contributed by atoms with van der Waals surface area (Å²) in [6.45, 7) is 2.03. The van der Waals surface area contributed by atoms with Crippen LogP contribution in [0.1, 0.15) is 12.5 Å². The zero-order valence-electron chi connectivity index (χ0n) is 7.26. The van der Waals surface area contributed by atoms with E-state index in [9.17, 15) is 8.78 Å². The van der Waals surface area contributed by atoms with Gasteiger partial charge in [0.2, 0.25) is 0 Å². The molecule has 13 heavy (non-hydrogen) atoms. The van der Waals surface area contributed by atoms with Crippen molar-refractivity contribution in [2.75, 3.05) is 0 Å². The molecule has 1 rings (SSSR count). The molecule has 0 amide bonds. The van der Waals surface area contributed by atoms with E-state index in [-0.39, 0.29) is 0 Å². The molecule has 1 aromatic rings. The Morgan fingerprint density at radius 2 is 1.85 bits per heavy atom. The molecule has 0 bridgehead atoms. The molecule has 1 atom stereocenters. The fourth-order valence-electron chi connectivity index (χ4n) is 0.950. The molecule has 0 aliphatic rings. The van der Waals surface area contributed by atoms with E-state index in [1.54, 1.807) is 12.1 Å². The van der Waals surface area contributed by atoms with Crippen LogP contribution in [0.3, 0.4) is 0 Å². The Labute approximate surface area is 83.3 Å². The summed E-state index contributed by atoms with van der Waals surface area (Å²) in [4.78, 5) is -2.18. The van der Waals surface area contributed by atoms with E-state index in [0.29, 0.717) is 16.7 Å². The van der Waals surface area contributed by atoms with Crippen LogP contribution in [-0.2, 0) is 6.42 Å². The van der Waals surface area contributed by atoms with E-state index in [1.165, 1.54) is 9.24 Å². The minimum atomic E-state index is -2.77. The lowest BCUT2D eigenvalue weighted by molar-refractivity contribution is 0.211. The second-order valence-electron chi connectivity index (χ2n) is 2.66. The van der Waals surface area contributed by atoms with Crippen LogP contribution in [0.4, 0.5) is 8.78 Å². The highest BCUT2D eigenvalue weighted by atomic mass is 32.2. The predicted molar refractivity (Wildman–Crippen MR) is 56.3 cm³/mol. The largest absolute Gasteiger partial charge is 0.308 e. The number of aryl methyl sites for hydroxylation is 1. The fourth-order valence-corrected chi connectivity index (χ4v) is 1.94. The highest BCUT2D eigenvalue weighted by Gasteiger charge is 2.22. The summed E-state index contributed by atoms with van der Waals surface area (Å²) < 4.78 is 25.0. The van der Waals surface area contributed by atoms with E-state index in [1.807, 2.05) is 19.1 Å². The first-order valence-corrected chi connectivity index (χ1v) is 5.35. The summed E-state index contributed by atoms with van der Waals surface area (Å²) in [7, 11) is 1.52. The van der Waals surface area contributed by atoms with Crippen LogP contribution in [0.25, 0.3) is 0 Å². The molecule has 1 unspecified atom stereocenters. The summed E-state index contributed by atoms with van der Waals surface area (Å²) in [6, 6.07) is 7.19. The number of rotatable bonds is 3. The highest BCUT2D eigenvalue weighted by molar-refractivity contribution is 8.03. The van der Waals surface area contributed by atoms with Gasteiger partial charge in [-0.2, -0.15) is 8.78 Å². The van der Waals surface area contributed by atoms with Crippen molar-refractivity contribution >= 4 is 21.0 Å². The molecule has 0 nitrogen and oxygen atoms in total. The van der Waals surface area contributed by atoms with Crippen molar-refractivity contribution in [3.8, 4) is 0 Å². The van der Waals surface area contributed by atoms with Crippen molar-refractivity contribution in [3.05, 3.63) is 29.8 Å². The first-order chi connectivity index (χ1) is 6.01. The topological polar surface area (TPSA) is 0 Å². The second kappa shape index (κ2) is 4.39. The van der Waals surface area contributed by atoms with Crippen LogP contribution >= 0.6 is 21.0 Å². The second-order valence-corrected chi connectivity index (χ2v) is 5.02. The maximum absolute atomic E-state index is 12.5. The maximum atomic E-state index is 12.5. The minimum Gasteiger partial charge on any atom is -0.190 e. The standard InChI is InChI=1S/C9H11F2PS/c1-2-7-3-5-8(6-4-7)13-9(10,11)12/h3-6H,2,12H2,1H3. The molecule has 0 radical (unpaired) electrons. The number of benzene rings is 1. The van der Waals surface area contributed by atoms with Crippen LogP contribution in [0, 0.1) is 0 Å². The molecule has 0 saturated carbocycles. The Morgan fingerprint density at radius 3 is 2.23 bits per heavy atom. The van der Waals surface area contributed by atoms with Gasteiger partial charge in [0, 0.05) is 4.90 Å². The monoisotopic (exact) mass is 220 g/mol. The molecule has 0 spiro atoms. The molecule has 0 fully saturated rings. The zero-order valence-corrected chi connectivity index (χ0v) is 9.23. The van der Waals surface area contributed by atoms with Crippen LogP contribution in [0.15, 0.2) is 29.2 Å². The van der Waals surface area contributed by atoms with Crippen LogP contribution < -0.4 is 0 Å². The van der Waals surface area contributed by atoms with Gasteiger partial charge in [0.15, 0.2) is 0 Å². The molecule has 0 N–H and O–H groups in total. The van der Waals surface area contributed by atoms with Crippen molar-refractivity contribution in [1.29, 1.82) is 0 Å². The van der Waals surface area contributed by atoms with Gasteiger partial charge >= 0.3 is 5.00 Å². The van der Waals surface area contributed by atoms with Gasteiger partial charge in [-0.05, 0) is 45.1 Å². The summed E-state index contributed by atoms with van der Waals surface area (Å²) >= 11 is 0.550. The summed E-state index contributed by atoms with van der Waals surface area (Å²) in [5, 5.41) is 0. The summed E-state index contributed by atoms with van der Waals surface area (Å²) in [5.74, 6) is 0. The average Bonchev–Trinajstić information content (AvgIpc) is 2.03. The Hall–Kier alpha value is -0.140. The predicted octanol–water partition coefficient (Wildman–Crippen LogP) is 3.77. The minimum absolute atomic E-state index is 0.550. The quantitative estimate of drug-likeness (QED) is 0.552. The molecule has 0 aliphatic heterocycles. The van der Waals surface area contributed by atoms with Gasteiger partial charge in [-0.15, -0.1) is 0 Å². The number of hydrogen-bond acceptors (Lipinski definition) is 1. The third kappa shape index (κ3) is 4.06. The van der Waals surface area contributed by atoms with Crippen molar-refractivity contribution in [1.82, 2.24) is 0 Å². The Balaban J connectivity index is 2.70. The molecular weight excluding hydrogens is 209 g/mol. The van der Waals surface area contributed by atoms with Crippen LogP contribution in [0.5, 0.6) is 0 Å². The third-order valence-electron chi connectivity index (χ3n) is 1.59. The van der Waals surface area contributed by atoms with Gasteiger partial charge in [-0.3, -0.25) is 0 Å². The van der Waals surface area contributed by atoms with Crippen molar-refractivity contribution in [2.45, 2.75) is 23.2 Å². The maximum Gasteiger partial charge on any atom is 0.308 e. The lowest BCUT2D eigenvalue weighted by Crippen LogP contribution is -1.95. The van der Waals surface area contributed by atoms with Crippen molar-refractivity contribution in [3.63, 3.8) is 0 Å².